The minimum absolute atomic E-state index is 0.0288. The lowest BCUT2D eigenvalue weighted by Crippen LogP contribution is -2.44. The zero-order valence-corrected chi connectivity index (χ0v) is 25.4. The van der Waals surface area contributed by atoms with Gasteiger partial charge in [0.25, 0.3) is 16.0 Å². The van der Waals surface area contributed by atoms with E-state index in [4.69, 9.17) is 15.0 Å². The Labute approximate surface area is 251 Å². The van der Waals surface area contributed by atoms with Crippen molar-refractivity contribution < 1.29 is 27.3 Å². The van der Waals surface area contributed by atoms with Crippen molar-refractivity contribution in [2.75, 3.05) is 55.0 Å². The summed E-state index contributed by atoms with van der Waals surface area (Å²) in [5.41, 5.74) is 9.33. The van der Waals surface area contributed by atoms with E-state index in [9.17, 15) is 18.0 Å². The zero-order valence-electron chi connectivity index (χ0n) is 24.6. The van der Waals surface area contributed by atoms with Crippen molar-refractivity contribution in [3.63, 3.8) is 0 Å². The molecule has 0 saturated carbocycles. The van der Waals surface area contributed by atoms with E-state index in [0.717, 1.165) is 37.6 Å². The number of ether oxygens (including phenoxy) is 1. The highest BCUT2D eigenvalue weighted by atomic mass is 32.2. The van der Waals surface area contributed by atoms with Gasteiger partial charge in [0.1, 0.15) is 11.4 Å². The molecule has 13 nitrogen and oxygen atoms in total. The number of amides is 2. The third-order valence-electron chi connectivity index (χ3n) is 6.43. The number of primary amides is 1. The van der Waals surface area contributed by atoms with Gasteiger partial charge >= 0.3 is 0 Å². The van der Waals surface area contributed by atoms with Crippen molar-refractivity contribution >= 4 is 44.8 Å². The number of aromatic nitrogens is 2. The predicted octanol–water partition coefficient (Wildman–Crippen LogP) is 3.36. The van der Waals surface area contributed by atoms with Gasteiger partial charge in [-0.2, -0.15) is 13.4 Å². The lowest BCUT2D eigenvalue weighted by molar-refractivity contribution is -0.111. The van der Waals surface area contributed by atoms with Crippen LogP contribution in [-0.2, 0) is 21.3 Å². The van der Waals surface area contributed by atoms with Crippen LogP contribution in [0.2, 0.25) is 0 Å². The number of hydrogen-bond donors (Lipinski definition) is 4. The zero-order chi connectivity index (χ0) is 31.7. The highest BCUT2D eigenvalue weighted by Crippen LogP contribution is 2.32. The first-order valence-corrected chi connectivity index (χ1v) is 15.3. The van der Waals surface area contributed by atoms with Gasteiger partial charge in [-0.05, 0) is 62.9 Å². The summed E-state index contributed by atoms with van der Waals surface area (Å²) in [7, 11) is -1.54. The van der Waals surface area contributed by atoms with Gasteiger partial charge in [-0.25, -0.2) is 4.98 Å². The van der Waals surface area contributed by atoms with Crippen molar-refractivity contribution in [3.8, 4) is 11.6 Å². The van der Waals surface area contributed by atoms with Gasteiger partial charge in [0.15, 0.2) is 11.5 Å². The summed E-state index contributed by atoms with van der Waals surface area (Å²) in [5.74, 6) is -0.0869. The fourth-order valence-corrected chi connectivity index (χ4v) is 4.13. The molecule has 4 rings (SSSR count). The standard InChI is InChI=1S/C28H33N7O3.CH4O3S/c1-5-21-28(38-23-9-7-8-22(18(23)3)31-24(36)6-2)33-27(25(32-21)26(29)37)30-19-10-12-20(13-11-19)35-16-14-34(4)15-17-35;1-5(2,3)4/h6-13H,2,5,14-17H2,1,3-4H3,(H2,29,37)(H,30,33)(H,31,36);1H3,(H,2,3,4). The fraction of sp³-hybridized carbons (Fsp3) is 0.310. The molecule has 1 aromatic heterocycles. The first-order chi connectivity index (χ1) is 20.3. The van der Waals surface area contributed by atoms with Gasteiger partial charge in [0, 0.05) is 48.8 Å². The molecule has 43 heavy (non-hydrogen) atoms. The molecule has 5 N–H and O–H groups in total. The first-order valence-electron chi connectivity index (χ1n) is 13.4. The molecule has 2 amide bonds. The molecular formula is C29H37N7O6S. The molecule has 0 radical (unpaired) electrons. The molecule has 2 heterocycles. The normalized spacial score (nSPS) is 13.4. The number of likely N-dealkylation sites (N-methyl/N-ethyl adjacent to an activating group) is 1. The summed E-state index contributed by atoms with van der Waals surface area (Å²) in [4.78, 5) is 37.8. The van der Waals surface area contributed by atoms with Crippen LogP contribution in [-0.4, -0.2) is 79.1 Å². The number of benzene rings is 2. The molecule has 0 spiro atoms. The van der Waals surface area contributed by atoms with Crippen molar-refractivity contribution in [2.45, 2.75) is 20.3 Å². The van der Waals surface area contributed by atoms with Crippen molar-refractivity contribution in [1.29, 1.82) is 0 Å². The Morgan fingerprint density at radius 2 is 1.74 bits per heavy atom. The van der Waals surface area contributed by atoms with E-state index in [1.165, 1.54) is 6.08 Å². The number of carbonyl (C=O) groups excluding carboxylic acids is 2. The number of rotatable bonds is 9. The van der Waals surface area contributed by atoms with E-state index < -0.39 is 16.0 Å². The molecule has 1 saturated heterocycles. The molecule has 0 atom stereocenters. The minimum Gasteiger partial charge on any atom is -0.437 e. The highest BCUT2D eigenvalue weighted by molar-refractivity contribution is 7.85. The molecule has 3 aromatic rings. The number of nitrogens with two attached hydrogens (primary N) is 1. The topological polar surface area (TPSA) is 180 Å². The molecule has 1 aliphatic heterocycles. The highest BCUT2D eigenvalue weighted by Gasteiger charge is 2.20. The van der Waals surface area contributed by atoms with Gasteiger partial charge < -0.3 is 30.9 Å². The van der Waals surface area contributed by atoms with Gasteiger partial charge in [-0.3, -0.25) is 14.1 Å². The number of piperazine rings is 1. The Morgan fingerprint density at radius 3 is 2.30 bits per heavy atom. The third kappa shape index (κ3) is 9.77. The van der Waals surface area contributed by atoms with Gasteiger partial charge in [0.05, 0.1) is 6.26 Å². The predicted molar refractivity (Wildman–Crippen MR) is 167 cm³/mol. The van der Waals surface area contributed by atoms with Crippen LogP contribution >= 0.6 is 0 Å². The van der Waals surface area contributed by atoms with Crippen molar-refractivity contribution in [2.24, 2.45) is 5.73 Å². The fourth-order valence-electron chi connectivity index (χ4n) is 4.13. The van der Waals surface area contributed by atoms with E-state index in [1.54, 1.807) is 18.2 Å². The summed E-state index contributed by atoms with van der Waals surface area (Å²) in [6.07, 6.45) is 2.38. The molecule has 2 aromatic carbocycles. The van der Waals surface area contributed by atoms with Gasteiger partial charge in [0.2, 0.25) is 11.8 Å². The van der Waals surface area contributed by atoms with Crippen LogP contribution in [0.3, 0.4) is 0 Å². The molecule has 0 unspecified atom stereocenters. The van der Waals surface area contributed by atoms with Crippen LogP contribution < -0.4 is 26.0 Å². The summed E-state index contributed by atoms with van der Waals surface area (Å²) in [5, 5.41) is 5.94. The quantitative estimate of drug-likeness (QED) is 0.206. The van der Waals surface area contributed by atoms with Gasteiger partial charge in [-0.1, -0.05) is 19.6 Å². The second-order valence-corrected chi connectivity index (χ2v) is 11.3. The second-order valence-electron chi connectivity index (χ2n) is 9.81. The Balaban J connectivity index is 0.000000934. The van der Waals surface area contributed by atoms with Gasteiger partial charge in [-0.15, -0.1) is 0 Å². The largest absolute Gasteiger partial charge is 0.437 e. The second kappa shape index (κ2) is 14.6. The average Bonchev–Trinajstić information content (AvgIpc) is 2.95. The lowest BCUT2D eigenvalue weighted by Gasteiger charge is -2.34. The molecule has 0 bridgehead atoms. The molecule has 230 valence electrons. The third-order valence-corrected chi connectivity index (χ3v) is 6.43. The van der Waals surface area contributed by atoms with Crippen LogP contribution in [0.25, 0.3) is 0 Å². The van der Waals surface area contributed by atoms with E-state index >= 15 is 0 Å². The van der Waals surface area contributed by atoms with Crippen molar-refractivity contribution in [3.05, 3.63) is 72.1 Å². The average molecular weight is 612 g/mol. The summed E-state index contributed by atoms with van der Waals surface area (Å²) in [6, 6.07) is 13.2. The summed E-state index contributed by atoms with van der Waals surface area (Å²) < 4.78 is 32.0. The summed E-state index contributed by atoms with van der Waals surface area (Å²) in [6.45, 7) is 11.2. The number of nitrogens with one attached hydrogen (secondary N) is 2. The number of aryl methyl sites for hydroxylation is 1. The number of nitrogens with zero attached hydrogens (tertiary/aromatic N) is 4. The number of anilines is 4. The molecule has 0 aliphatic carbocycles. The minimum atomic E-state index is -3.67. The van der Waals surface area contributed by atoms with Crippen LogP contribution in [0.4, 0.5) is 22.9 Å². The van der Waals surface area contributed by atoms with Crippen molar-refractivity contribution in [1.82, 2.24) is 14.9 Å². The van der Waals surface area contributed by atoms with E-state index in [1.807, 2.05) is 38.1 Å². The maximum absolute atomic E-state index is 12.2. The van der Waals surface area contributed by atoms with Crippen LogP contribution in [0, 0.1) is 6.92 Å². The first kappa shape index (κ1) is 33.0. The molecular weight excluding hydrogens is 574 g/mol. The molecule has 1 aliphatic rings. The van der Waals surface area contributed by atoms with E-state index in [2.05, 4.69) is 44.0 Å². The summed E-state index contributed by atoms with van der Waals surface area (Å²) >= 11 is 0. The Morgan fingerprint density at radius 1 is 1.12 bits per heavy atom. The van der Waals surface area contributed by atoms with E-state index in [-0.39, 0.29) is 23.3 Å². The molecule has 14 heteroatoms. The van der Waals surface area contributed by atoms with E-state index in [0.29, 0.717) is 35.4 Å². The SMILES string of the molecule is C=CC(=O)Nc1cccc(Oc2nc(Nc3ccc(N4CCN(C)CC4)cc3)c(C(N)=O)nc2CC)c1C.CS(=O)(=O)O. The number of hydrogen-bond acceptors (Lipinski definition) is 10. The Bertz CT molecular complexity index is 1560. The maximum atomic E-state index is 12.2. The maximum Gasteiger partial charge on any atom is 0.271 e. The van der Waals surface area contributed by atoms with Crippen LogP contribution in [0.5, 0.6) is 11.6 Å². The monoisotopic (exact) mass is 611 g/mol. The Kier molecular flexibility index (Phi) is 11.2. The number of carbonyl (C=O) groups is 2. The smallest absolute Gasteiger partial charge is 0.271 e. The van der Waals surface area contributed by atoms with Crippen LogP contribution in [0.15, 0.2) is 55.1 Å². The Hall–Kier alpha value is -4.53. The van der Waals surface area contributed by atoms with Crippen LogP contribution in [0.1, 0.15) is 28.7 Å². The molecule has 1 fully saturated rings. The lowest BCUT2D eigenvalue weighted by atomic mass is 10.1.